The molecule has 2 amide bonds. The summed E-state index contributed by atoms with van der Waals surface area (Å²) in [5, 5.41) is 1.80. The normalized spacial score (nSPS) is 9.50. The van der Waals surface area contributed by atoms with Crippen LogP contribution in [0.4, 0.5) is 0 Å². The van der Waals surface area contributed by atoms with E-state index in [0.717, 1.165) is 0 Å². The molecule has 2 N–H and O–H groups in total. The van der Waals surface area contributed by atoms with Crippen molar-refractivity contribution >= 4 is 34.9 Å². The van der Waals surface area contributed by atoms with E-state index in [2.05, 4.69) is 10.9 Å². The van der Waals surface area contributed by atoms with E-state index in [1.165, 1.54) is 23.1 Å². The molecule has 0 radical (unpaired) electrons. The highest BCUT2D eigenvalue weighted by Gasteiger charge is 2.06. The number of carbonyl (C=O) groups excluding carboxylic acids is 2. The Morgan fingerprint density at radius 1 is 1.50 bits per heavy atom. The molecular weight excluding hydrogens is 220 g/mol. The highest BCUT2D eigenvalue weighted by molar-refractivity contribution is 7.99. The molecule has 0 atom stereocenters. The number of thiophene rings is 1. The third kappa shape index (κ3) is 3.39. The molecule has 0 aliphatic rings. The van der Waals surface area contributed by atoms with Gasteiger partial charge >= 0.3 is 0 Å². The molecule has 0 unspecified atom stereocenters. The lowest BCUT2D eigenvalue weighted by Gasteiger charge is -2.04. The number of thioether (sulfide) groups is 1. The summed E-state index contributed by atoms with van der Waals surface area (Å²) in [6, 6.07) is 3.48. The first-order chi connectivity index (χ1) is 6.74. The van der Waals surface area contributed by atoms with Gasteiger partial charge in [0.05, 0.1) is 10.6 Å². The van der Waals surface area contributed by atoms with Gasteiger partial charge in [0.2, 0.25) is 5.91 Å². The Bertz CT molecular complexity index is 311. The van der Waals surface area contributed by atoms with Gasteiger partial charge in [0.25, 0.3) is 5.91 Å². The third-order valence-corrected chi connectivity index (χ3v) is 2.76. The summed E-state index contributed by atoms with van der Waals surface area (Å²) in [5.74, 6) is -0.151. The smallest absolute Gasteiger partial charge is 0.272 e. The van der Waals surface area contributed by atoms with Crippen molar-refractivity contribution in [3.8, 4) is 0 Å². The zero-order chi connectivity index (χ0) is 10.4. The molecule has 0 saturated carbocycles. The van der Waals surface area contributed by atoms with Crippen molar-refractivity contribution in [2.45, 2.75) is 0 Å². The Labute approximate surface area is 90.0 Å². The molecule has 1 heterocycles. The molecule has 4 nitrogen and oxygen atoms in total. The first kappa shape index (κ1) is 11.1. The van der Waals surface area contributed by atoms with Crippen molar-refractivity contribution in [1.82, 2.24) is 10.9 Å². The molecule has 0 bridgehead atoms. The second-order valence-corrected chi connectivity index (χ2v) is 4.23. The maximum Gasteiger partial charge on any atom is 0.279 e. The molecule has 14 heavy (non-hydrogen) atoms. The summed E-state index contributed by atoms with van der Waals surface area (Å²) < 4.78 is 0. The number of hydrogen-bond acceptors (Lipinski definition) is 4. The van der Waals surface area contributed by atoms with E-state index in [9.17, 15) is 9.59 Å². The molecule has 0 fully saturated rings. The molecule has 1 aromatic heterocycles. The van der Waals surface area contributed by atoms with Crippen molar-refractivity contribution < 1.29 is 9.59 Å². The zero-order valence-electron chi connectivity index (χ0n) is 7.57. The minimum absolute atomic E-state index is 0.206. The molecule has 0 saturated heterocycles. The molecule has 0 aromatic carbocycles. The highest BCUT2D eigenvalue weighted by Crippen LogP contribution is 2.06. The van der Waals surface area contributed by atoms with Crippen molar-refractivity contribution in [3.63, 3.8) is 0 Å². The lowest BCUT2D eigenvalue weighted by Crippen LogP contribution is -2.42. The molecule has 0 spiro atoms. The Balaban J connectivity index is 2.32. The molecule has 1 rings (SSSR count). The first-order valence-corrected chi connectivity index (χ1v) is 6.13. The van der Waals surface area contributed by atoms with E-state index in [4.69, 9.17) is 0 Å². The summed E-state index contributed by atoms with van der Waals surface area (Å²) in [7, 11) is 0. The standard InChI is InChI=1S/C8H10N2O2S2/c1-13-5-7(11)9-10-8(12)6-3-2-4-14-6/h2-4H,5H2,1H3,(H,9,11)(H,10,12). The number of rotatable bonds is 3. The van der Waals surface area contributed by atoms with Gasteiger partial charge in [-0.25, -0.2) is 0 Å². The van der Waals surface area contributed by atoms with Crippen LogP contribution in [0, 0.1) is 0 Å². The summed E-state index contributed by atoms with van der Waals surface area (Å²) >= 11 is 2.73. The van der Waals surface area contributed by atoms with Crippen LogP contribution in [0.5, 0.6) is 0 Å². The number of nitrogens with one attached hydrogen (secondary N) is 2. The van der Waals surface area contributed by atoms with Crippen LogP contribution < -0.4 is 10.9 Å². The number of hydrogen-bond donors (Lipinski definition) is 2. The summed E-state index contributed by atoms with van der Waals surface area (Å²) in [6.45, 7) is 0. The van der Waals surface area contributed by atoms with Gasteiger partial charge in [0.15, 0.2) is 0 Å². The highest BCUT2D eigenvalue weighted by atomic mass is 32.2. The maximum absolute atomic E-state index is 11.3. The Hall–Kier alpha value is -1.01. The van der Waals surface area contributed by atoms with Gasteiger partial charge in [-0.05, 0) is 17.7 Å². The fourth-order valence-corrected chi connectivity index (χ4v) is 1.72. The minimum atomic E-state index is -0.283. The van der Waals surface area contributed by atoms with Gasteiger partial charge in [0, 0.05) is 0 Å². The van der Waals surface area contributed by atoms with Crippen LogP contribution in [-0.2, 0) is 4.79 Å². The van der Waals surface area contributed by atoms with Crippen molar-refractivity contribution in [1.29, 1.82) is 0 Å². The van der Waals surface area contributed by atoms with Gasteiger partial charge in [0.1, 0.15) is 0 Å². The fourth-order valence-electron chi connectivity index (χ4n) is 0.763. The van der Waals surface area contributed by atoms with Crippen LogP contribution in [0.15, 0.2) is 17.5 Å². The SMILES string of the molecule is CSCC(=O)NNC(=O)c1cccs1. The quantitative estimate of drug-likeness (QED) is 0.758. The Morgan fingerprint density at radius 2 is 2.29 bits per heavy atom. The topological polar surface area (TPSA) is 58.2 Å². The van der Waals surface area contributed by atoms with E-state index >= 15 is 0 Å². The number of hydrazine groups is 1. The van der Waals surface area contributed by atoms with Gasteiger partial charge in [-0.2, -0.15) is 11.8 Å². The summed E-state index contributed by atoms with van der Waals surface area (Å²) in [6.07, 6.45) is 1.82. The second-order valence-electron chi connectivity index (χ2n) is 2.41. The largest absolute Gasteiger partial charge is 0.279 e. The molecule has 0 aliphatic carbocycles. The minimum Gasteiger partial charge on any atom is -0.272 e. The van der Waals surface area contributed by atoms with Crippen LogP contribution in [0.2, 0.25) is 0 Å². The zero-order valence-corrected chi connectivity index (χ0v) is 9.21. The molecule has 0 aliphatic heterocycles. The van der Waals surface area contributed by atoms with Gasteiger partial charge in [-0.3, -0.25) is 20.4 Å². The van der Waals surface area contributed by atoms with Crippen LogP contribution in [0.1, 0.15) is 9.67 Å². The van der Waals surface area contributed by atoms with Crippen molar-refractivity contribution in [3.05, 3.63) is 22.4 Å². The molecular formula is C8H10N2O2S2. The summed E-state index contributed by atoms with van der Waals surface area (Å²) in [4.78, 5) is 22.8. The van der Waals surface area contributed by atoms with Crippen LogP contribution in [0.25, 0.3) is 0 Å². The predicted molar refractivity (Wildman–Crippen MR) is 58.3 cm³/mol. The van der Waals surface area contributed by atoms with E-state index in [-0.39, 0.29) is 11.8 Å². The van der Waals surface area contributed by atoms with E-state index < -0.39 is 0 Å². The van der Waals surface area contributed by atoms with E-state index in [1.54, 1.807) is 17.5 Å². The average Bonchev–Trinajstić information content (AvgIpc) is 2.67. The van der Waals surface area contributed by atoms with Crippen LogP contribution in [0.3, 0.4) is 0 Å². The fraction of sp³-hybridized carbons (Fsp3) is 0.250. The van der Waals surface area contributed by atoms with E-state index in [1.807, 2.05) is 6.26 Å². The third-order valence-electron chi connectivity index (χ3n) is 1.34. The summed E-state index contributed by atoms with van der Waals surface area (Å²) in [5.41, 5.74) is 4.65. The first-order valence-electron chi connectivity index (χ1n) is 3.85. The Morgan fingerprint density at radius 3 is 2.86 bits per heavy atom. The average molecular weight is 230 g/mol. The van der Waals surface area contributed by atoms with Crippen molar-refractivity contribution in [2.75, 3.05) is 12.0 Å². The van der Waals surface area contributed by atoms with E-state index in [0.29, 0.717) is 10.6 Å². The van der Waals surface area contributed by atoms with Gasteiger partial charge in [-0.15, -0.1) is 11.3 Å². The van der Waals surface area contributed by atoms with Gasteiger partial charge < -0.3 is 0 Å². The Kier molecular flexibility index (Phi) is 4.48. The number of carbonyl (C=O) groups is 2. The van der Waals surface area contributed by atoms with Crippen LogP contribution in [-0.4, -0.2) is 23.8 Å². The predicted octanol–water partition coefficient (Wildman–Crippen LogP) is 0.872. The lowest BCUT2D eigenvalue weighted by atomic mass is 10.4. The second kappa shape index (κ2) is 5.66. The van der Waals surface area contributed by atoms with Crippen LogP contribution >= 0.6 is 23.1 Å². The molecule has 1 aromatic rings. The molecule has 76 valence electrons. The molecule has 6 heteroatoms. The lowest BCUT2D eigenvalue weighted by molar-refractivity contribution is -0.119. The number of amides is 2. The maximum atomic E-state index is 11.3. The van der Waals surface area contributed by atoms with Crippen molar-refractivity contribution in [2.24, 2.45) is 0 Å². The van der Waals surface area contributed by atoms with Gasteiger partial charge in [-0.1, -0.05) is 6.07 Å². The monoisotopic (exact) mass is 230 g/mol.